The number of aromatic nitrogens is 2. The molecule has 28 heavy (non-hydrogen) atoms. The minimum atomic E-state index is -1.97. The van der Waals surface area contributed by atoms with E-state index in [1.165, 1.54) is 27.1 Å². The average molecular weight is 444 g/mol. The molecule has 1 fully saturated rings. The van der Waals surface area contributed by atoms with Crippen molar-refractivity contribution < 1.29 is 13.6 Å². The molecule has 0 saturated carbocycles. The van der Waals surface area contributed by atoms with Gasteiger partial charge in [0.2, 0.25) is 5.91 Å². The van der Waals surface area contributed by atoms with Gasteiger partial charge in [0.15, 0.2) is 5.67 Å². The van der Waals surface area contributed by atoms with Crippen LogP contribution in [0.5, 0.6) is 0 Å². The largest absolute Gasteiger partial charge is 0.334 e. The number of alkyl halides is 2. The van der Waals surface area contributed by atoms with E-state index in [1.807, 2.05) is 0 Å². The van der Waals surface area contributed by atoms with Crippen LogP contribution in [0.3, 0.4) is 0 Å². The second-order valence-corrected chi connectivity index (χ2v) is 8.34. The van der Waals surface area contributed by atoms with Gasteiger partial charge in [-0.25, -0.2) is 13.8 Å². The molecular weight excluding hydrogens is 431 g/mol. The fraction of sp³-hybridized carbons (Fsp3) is 0.278. The number of carbonyl (C=O) groups excluding carboxylic acids is 1. The van der Waals surface area contributed by atoms with E-state index < -0.39 is 23.8 Å². The third-order valence-electron chi connectivity index (χ3n) is 4.64. The number of fused-ring (bicyclic) bond motifs is 1. The Morgan fingerprint density at radius 3 is 2.71 bits per heavy atom. The first-order chi connectivity index (χ1) is 13.3. The SMILES string of the molecule is O=C(Cn1cnc2scc(-c3ccc(Cl)c(Cl)c3)c2c1=O)N1CC(F)(CF)C1. The summed E-state index contributed by atoms with van der Waals surface area (Å²) in [7, 11) is 0. The summed E-state index contributed by atoms with van der Waals surface area (Å²) < 4.78 is 27.4. The highest BCUT2D eigenvalue weighted by Crippen LogP contribution is 2.34. The Labute approximate surface area is 172 Å². The molecule has 0 atom stereocenters. The second-order valence-electron chi connectivity index (χ2n) is 6.67. The number of amides is 1. The number of carbonyl (C=O) groups is 1. The van der Waals surface area contributed by atoms with Crippen LogP contribution in [-0.4, -0.2) is 45.8 Å². The van der Waals surface area contributed by atoms with Crippen LogP contribution >= 0.6 is 34.5 Å². The number of rotatable bonds is 4. The van der Waals surface area contributed by atoms with E-state index in [-0.39, 0.29) is 19.6 Å². The van der Waals surface area contributed by atoms with Crippen LogP contribution in [0.1, 0.15) is 0 Å². The number of thiophene rings is 1. The molecule has 0 aliphatic carbocycles. The van der Waals surface area contributed by atoms with Crippen LogP contribution in [0.25, 0.3) is 21.3 Å². The molecule has 0 bridgehead atoms. The zero-order valence-electron chi connectivity index (χ0n) is 14.3. The minimum absolute atomic E-state index is 0.291. The van der Waals surface area contributed by atoms with Gasteiger partial charge in [-0.2, -0.15) is 0 Å². The zero-order chi connectivity index (χ0) is 20.1. The third-order valence-corrected chi connectivity index (χ3v) is 6.26. The maximum absolute atomic E-state index is 13.7. The normalized spacial score (nSPS) is 15.6. The first-order valence-electron chi connectivity index (χ1n) is 8.26. The molecule has 10 heteroatoms. The van der Waals surface area contributed by atoms with Gasteiger partial charge in [-0.05, 0) is 17.7 Å². The molecule has 1 amide bonds. The fourth-order valence-corrected chi connectivity index (χ4v) is 4.31. The number of hydrogen-bond donors (Lipinski definition) is 0. The number of likely N-dealkylation sites (tertiary alicyclic amines) is 1. The van der Waals surface area contributed by atoms with Crippen LogP contribution in [0.4, 0.5) is 8.78 Å². The van der Waals surface area contributed by atoms with Crippen molar-refractivity contribution in [2.24, 2.45) is 0 Å². The van der Waals surface area contributed by atoms with Gasteiger partial charge in [0, 0.05) is 10.9 Å². The first kappa shape index (κ1) is 19.3. The summed E-state index contributed by atoms with van der Waals surface area (Å²) in [6.45, 7) is -2.04. The Morgan fingerprint density at radius 2 is 2.04 bits per heavy atom. The molecule has 1 saturated heterocycles. The number of halogens is 4. The van der Waals surface area contributed by atoms with Gasteiger partial charge in [-0.15, -0.1) is 11.3 Å². The molecule has 146 valence electrons. The van der Waals surface area contributed by atoms with Gasteiger partial charge in [0.1, 0.15) is 18.0 Å². The van der Waals surface area contributed by atoms with E-state index in [1.54, 1.807) is 23.6 Å². The smallest absolute Gasteiger partial charge is 0.263 e. The lowest BCUT2D eigenvalue weighted by Crippen LogP contribution is -2.62. The van der Waals surface area contributed by atoms with E-state index in [4.69, 9.17) is 23.2 Å². The molecule has 2 aromatic heterocycles. The summed E-state index contributed by atoms with van der Waals surface area (Å²) in [6.07, 6.45) is 1.29. The molecule has 0 unspecified atom stereocenters. The third kappa shape index (κ3) is 3.29. The number of benzene rings is 1. The molecule has 4 rings (SSSR count). The lowest BCUT2D eigenvalue weighted by atomic mass is 9.98. The van der Waals surface area contributed by atoms with Gasteiger partial charge < -0.3 is 4.90 Å². The monoisotopic (exact) mass is 443 g/mol. The summed E-state index contributed by atoms with van der Waals surface area (Å²) in [5.74, 6) is -0.462. The van der Waals surface area contributed by atoms with Crippen molar-refractivity contribution in [3.63, 3.8) is 0 Å². The number of nitrogens with zero attached hydrogens (tertiary/aromatic N) is 3. The molecule has 1 aliphatic rings. The van der Waals surface area contributed by atoms with Crippen LogP contribution < -0.4 is 5.56 Å². The Balaban J connectivity index is 1.66. The molecule has 3 aromatic rings. The Morgan fingerprint density at radius 1 is 1.29 bits per heavy atom. The summed E-state index contributed by atoms with van der Waals surface area (Å²) in [5.41, 5.74) is -1.02. The summed E-state index contributed by atoms with van der Waals surface area (Å²) in [6, 6.07) is 5.04. The maximum atomic E-state index is 13.7. The van der Waals surface area contributed by atoms with Crippen molar-refractivity contribution >= 4 is 50.7 Å². The lowest BCUT2D eigenvalue weighted by molar-refractivity contribution is -0.147. The highest BCUT2D eigenvalue weighted by molar-refractivity contribution is 7.17. The second kappa shape index (κ2) is 7.09. The van der Waals surface area contributed by atoms with Crippen LogP contribution in [0.2, 0.25) is 10.0 Å². The zero-order valence-corrected chi connectivity index (χ0v) is 16.6. The predicted molar refractivity (Wildman–Crippen MR) is 106 cm³/mol. The Kier molecular flexibility index (Phi) is 4.89. The molecule has 1 aliphatic heterocycles. The van der Waals surface area contributed by atoms with Crippen molar-refractivity contribution in [2.45, 2.75) is 12.2 Å². The predicted octanol–water partition coefficient (Wildman–Crippen LogP) is 3.95. The van der Waals surface area contributed by atoms with E-state index in [0.717, 1.165) is 0 Å². The van der Waals surface area contributed by atoms with E-state index in [9.17, 15) is 18.4 Å². The Bertz CT molecular complexity index is 1140. The van der Waals surface area contributed by atoms with E-state index >= 15 is 0 Å². The molecular formula is C18H13Cl2F2N3O2S. The van der Waals surface area contributed by atoms with Crippen LogP contribution in [-0.2, 0) is 11.3 Å². The quantitative estimate of drug-likeness (QED) is 0.613. The maximum Gasteiger partial charge on any atom is 0.263 e. The minimum Gasteiger partial charge on any atom is -0.334 e. The van der Waals surface area contributed by atoms with Gasteiger partial charge >= 0.3 is 0 Å². The van der Waals surface area contributed by atoms with Gasteiger partial charge in [0.25, 0.3) is 5.56 Å². The Hall–Kier alpha value is -2.03. The number of hydrogen-bond acceptors (Lipinski definition) is 4. The van der Waals surface area contributed by atoms with Crippen molar-refractivity contribution in [2.75, 3.05) is 19.8 Å². The van der Waals surface area contributed by atoms with Crippen LogP contribution in [0.15, 0.2) is 34.7 Å². The fourth-order valence-electron chi connectivity index (χ4n) is 3.10. The van der Waals surface area contributed by atoms with Gasteiger partial charge in [-0.3, -0.25) is 14.2 Å². The first-order valence-corrected chi connectivity index (χ1v) is 9.89. The molecule has 0 spiro atoms. The topological polar surface area (TPSA) is 55.2 Å². The van der Waals surface area contributed by atoms with Gasteiger partial charge in [-0.1, -0.05) is 29.3 Å². The molecule has 3 heterocycles. The van der Waals surface area contributed by atoms with E-state index in [2.05, 4.69) is 4.98 Å². The average Bonchev–Trinajstić information content (AvgIpc) is 3.08. The lowest BCUT2D eigenvalue weighted by Gasteiger charge is -2.42. The molecule has 1 aromatic carbocycles. The molecule has 0 N–H and O–H groups in total. The van der Waals surface area contributed by atoms with Gasteiger partial charge in [0.05, 0.1) is 34.8 Å². The van der Waals surface area contributed by atoms with Crippen molar-refractivity contribution in [1.82, 2.24) is 14.5 Å². The molecule has 5 nitrogen and oxygen atoms in total. The van der Waals surface area contributed by atoms with Crippen molar-refractivity contribution in [3.05, 3.63) is 50.3 Å². The van der Waals surface area contributed by atoms with Crippen molar-refractivity contribution in [1.29, 1.82) is 0 Å². The summed E-state index contributed by atoms with van der Waals surface area (Å²) in [4.78, 5) is 31.2. The van der Waals surface area contributed by atoms with E-state index in [0.29, 0.717) is 31.4 Å². The molecule has 0 radical (unpaired) electrons. The summed E-state index contributed by atoms with van der Waals surface area (Å²) >= 11 is 13.3. The van der Waals surface area contributed by atoms with Crippen molar-refractivity contribution in [3.8, 4) is 11.1 Å². The van der Waals surface area contributed by atoms with Crippen LogP contribution in [0, 0.1) is 0 Å². The summed E-state index contributed by atoms with van der Waals surface area (Å²) in [5, 5.41) is 2.92. The highest BCUT2D eigenvalue weighted by Gasteiger charge is 2.45. The standard InChI is InChI=1S/C18H13Cl2F2N3O2S/c19-12-2-1-10(3-13(12)20)11-5-28-16-15(11)17(27)24(9-23-16)4-14(26)25-7-18(22,6-21)8-25/h1-3,5,9H,4,6-8H2. The highest BCUT2D eigenvalue weighted by atomic mass is 35.5.